The van der Waals surface area contributed by atoms with Gasteiger partial charge in [0.2, 0.25) is 21.8 Å². The Morgan fingerprint density at radius 3 is 2.31 bits per heavy atom. The number of aryl methyl sites for hydroxylation is 1. The van der Waals surface area contributed by atoms with Gasteiger partial charge in [0.15, 0.2) is 0 Å². The van der Waals surface area contributed by atoms with Crippen LogP contribution >= 0.6 is 11.6 Å². The Hall–Kier alpha value is -2.58. The highest BCUT2D eigenvalue weighted by atomic mass is 35.5. The Labute approximate surface area is 195 Å². The maximum absolute atomic E-state index is 13.1. The molecule has 1 atom stereocenters. The average molecular weight is 480 g/mol. The van der Waals surface area contributed by atoms with Crippen molar-refractivity contribution in [3.63, 3.8) is 0 Å². The first-order chi connectivity index (χ1) is 15.1. The normalized spacial score (nSPS) is 12.2. The Kier molecular flexibility index (Phi) is 9.09. The van der Waals surface area contributed by atoms with E-state index in [0.29, 0.717) is 17.1 Å². The lowest BCUT2D eigenvalue weighted by Crippen LogP contribution is -2.46. The molecule has 0 unspecified atom stereocenters. The van der Waals surface area contributed by atoms with Gasteiger partial charge in [-0.15, -0.1) is 0 Å². The zero-order valence-corrected chi connectivity index (χ0v) is 20.4. The average Bonchev–Trinajstić information content (AvgIpc) is 2.75. The van der Waals surface area contributed by atoms with Crippen LogP contribution < -0.4 is 9.62 Å². The van der Waals surface area contributed by atoms with Crippen molar-refractivity contribution in [1.29, 1.82) is 0 Å². The van der Waals surface area contributed by atoms with E-state index in [9.17, 15) is 18.0 Å². The van der Waals surface area contributed by atoms with Gasteiger partial charge in [0, 0.05) is 31.6 Å². The van der Waals surface area contributed by atoms with E-state index >= 15 is 0 Å². The van der Waals surface area contributed by atoms with Gasteiger partial charge in [-0.25, -0.2) is 8.42 Å². The van der Waals surface area contributed by atoms with Gasteiger partial charge in [-0.05, 0) is 43.5 Å². The van der Waals surface area contributed by atoms with Gasteiger partial charge in [0.1, 0.15) is 6.04 Å². The van der Waals surface area contributed by atoms with Crippen molar-refractivity contribution in [2.45, 2.75) is 39.3 Å². The van der Waals surface area contributed by atoms with E-state index in [-0.39, 0.29) is 31.3 Å². The molecule has 9 heteroatoms. The first-order valence-corrected chi connectivity index (χ1v) is 12.6. The number of sulfonamides is 1. The fourth-order valence-corrected chi connectivity index (χ4v) is 4.65. The highest BCUT2D eigenvalue weighted by Crippen LogP contribution is 2.23. The summed E-state index contributed by atoms with van der Waals surface area (Å²) in [5.74, 6) is -0.540. The van der Waals surface area contributed by atoms with Gasteiger partial charge in [-0.1, -0.05) is 48.0 Å². The highest BCUT2D eigenvalue weighted by molar-refractivity contribution is 7.92. The number of benzene rings is 2. The lowest BCUT2D eigenvalue weighted by molar-refractivity contribution is -0.140. The molecule has 0 saturated heterocycles. The molecule has 0 aliphatic carbocycles. The molecule has 0 saturated carbocycles. The van der Waals surface area contributed by atoms with Crippen LogP contribution in [-0.2, 0) is 26.2 Å². The third-order valence-electron chi connectivity index (χ3n) is 5.25. The molecule has 32 heavy (non-hydrogen) atoms. The molecule has 0 fully saturated rings. The largest absolute Gasteiger partial charge is 0.357 e. The predicted molar refractivity (Wildman–Crippen MR) is 128 cm³/mol. The monoisotopic (exact) mass is 479 g/mol. The Balaban J connectivity index is 2.17. The molecule has 0 bridgehead atoms. The Morgan fingerprint density at radius 1 is 1.09 bits per heavy atom. The molecule has 2 amide bonds. The summed E-state index contributed by atoms with van der Waals surface area (Å²) in [6.07, 6.45) is 1.54. The third-order valence-corrected chi connectivity index (χ3v) is 6.80. The predicted octanol–water partition coefficient (Wildman–Crippen LogP) is 3.36. The van der Waals surface area contributed by atoms with Gasteiger partial charge in [-0.2, -0.15) is 0 Å². The standard InChI is InChI=1S/C23H30ClN3O4S/c1-17-10-5-8-13-21(17)27(32(4,30)31)15-9-14-22(28)26(18(2)23(29)25-3)16-19-11-6-7-12-20(19)24/h5-8,10-13,18H,9,14-16H2,1-4H3,(H,25,29)/t18-/m1/s1. The minimum Gasteiger partial charge on any atom is -0.357 e. The number of carbonyl (C=O) groups excluding carboxylic acids is 2. The van der Waals surface area contributed by atoms with Crippen molar-refractivity contribution in [2.75, 3.05) is 24.2 Å². The zero-order valence-electron chi connectivity index (χ0n) is 18.8. The molecular formula is C23H30ClN3O4S. The molecule has 0 aliphatic heterocycles. The lowest BCUT2D eigenvalue weighted by Gasteiger charge is -2.29. The van der Waals surface area contributed by atoms with Gasteiger partial charge in [0.05, 0.1) is 11.9 Å². The molecule has 0 aromatic heterocycles. The van der Waals surface area contributed by atoms with Crippen molar-refractivity contribution in [1.82, 2.24) is 10.2 Å². The number of halogens is 1. The summed E-state index contributed by atoms with van der Waals surface area (Å²) in [5, 5.41) is 3.08. The van der Waals surface area contributed by atoms with Crippen molar-refractivity contribution < 1.29 is 18.0 Å². The van der Waals surface area contributed by atoms with Crippen LogP contribution in [-0.4, -0.2) is 51.0 Å². The zero-order chi connectivity index (χ0) is 23.9. The molecule has 0 heterocycles. The van der Waals surface area contributed by atoms with Crippen LogP contribution in [0.4, 0.5) is 5.69 Å². The number of nitrogens with one attached hydrogen (secondary N) is 1. The summed E-state index contributed by atoms with van der Waals surface area (Å²) in [7, 11) is -2.00. The minimum atomic E-state index is -3.52. The van der Waals surface area contributed by atoms with E-state index in [2.05, 4.69) is 5.32 Å². The SMILES string of the molecule is CNC(=O)[C@@H](C)N(Cc1ccccc1Cl)C(=O)CCCN(c1ccccc1C)S(C)(=O)=O. The van der Waals surface area contributed by atoms with Crippen LogP contribution in [0, 0.1) is 6.92 Å². The lowest BCUT2D eigenvalue weighted by atomic mass is 10.1. The molecule has 0 radical (unpaired) electrons. The van der Waals surface area contributed by atoms with Crippen molar-refractivity contribution in [3.8, 4) is 0 Å². The highest BCUT2D eigenvalue weighted by Gasteiger charge is 2.26. The van der Waals surface area contributed by atoms with Crippen LogP contribution in [0.25, 0.3) is 0 Å². The fourth-order valence-electron chi connectivity index (χ4n) is 3.43. The molecule has 1 N–H and O–H groups in total. The summed E-state index contributed by atoms with van der Waals surface area (Å²) in [5.41, 5.74) is 2.16. The number of hydrogen-bond acceptors (Lipinski definition) is 4. The van der Waals surface area contributed by atoms with E-state index in [4.69, 9.17) is 11.6 Å². The number of nitrogens with zero attached hydrogens (tertiary/aromatic N) is 2. The smallest absolute Gasteiger partial charge is 0.242 e. The Bertz CT molecular complexity index is 1060. The van der Waals surface area contributed by atoms with Gasteiger partial charge >= 0.3 is 0 Å². The number of amides is 2. The number of rotatable bonds is 10. The molecule has 2 aromatic carbocycles. The number of para-hydroxylation sites is 1. The molecule has 2 rings (SSSR count). The number of carbonyl (C=O) groups is 2. The van der Waals surface area contributed by atoms with Crippen molar-refractivity contribution in [3.05, 3.63) is 64.7 Å². The first-order valence-electron chi connectivity index (χ1n) is 10.3. The fraction of sp³-hybridized carbons (Fsp3) is 0.391. The minimum absolute atomic E-state index is 0.0870. The molecule has 0 aliphatic rings. The molecule has 2 aromatic rings. The van der Waals surface area contributed by atoms with E-state index in [1.165, 1.54) is 16.3 Å². The van der Waals surface area contributed by atoms with Crippen LogP contribution in [0.3, 0.4) is 0 Å². The van der Waals surface area contributed by atoms with Crippen LogP contribution in [0.1, 0.15) is 30.9 Å². The molecular weight excluding hydrogens is 450 g/mol. The second-order valence-electron chi connectivity index (χ2n) is 7.63. The van der Waals surface area contributed by atoms with E-state index < -0.39 is 16.1 Å². The van der Waals surface area contributed by atoms with Crippen LogP contribution in [0.15, 0.2) is 48.5 Å². The second-order valence-corrected chi connectivity index (χ2v) is 9.94. The summed E-state index contributed by atoms with van der Waals surface area (Å²) < 4.78 is 26.1. The van der Waals surface area contributed by atoms with E-state index in [1.807, 2.05) is 31.2 Å². The van der Waals surface area contributed by atoms with Crippen molar-refractivity contribution in [2.24, 2.45) is 0 Å². The summed E-state index contributed by atoms with van der Waals surface area (Å²) in [6, 6.07) is 13.7. The van der Waals surface area contributed by atoms with E-state index in [1.54, 1.807) is 31.2 Å². The van der Waals surface area contributed by atoms with E-state index in [0.717, 1.165) is 17.4 Å². The summed E-state index contributed by atoms with van der Waals surface area (Å²) in [4.78, 5) is 26.8. The molecule has 7 nitrogen and oxygen atoms in total. The molecule has 0 spiro atoms. The van der Waals surface area contributed by atoms with Crippen LogP contribution in [0.5, 0.6) is 0 Å². The number of likely N-dealkylation sites (N-methyl/N-ethyl adjacent to an activating group) is 1. The van der Waals surface area contributed by atoms with Gasteiger partial charge in [0.25, 0.3) is 0 Å². The number of anilines is 1. The van der Waals surface area contributed by atoms with Gasteiger partial charge in [-0.3, -0.25) is 13.9 Å². The second kappa shape index (κ2) is 11.3. The maximum Gasteiger partial charge on any atom is 0.242 e. The maximum atomic E-state index is 13.1. The number of hydrogen-bond donors (Lipinski definition) is 1. The Morgan fingerprint density at radius 2 is 1.72 bits per heavy atom. The topological polar surface area (TPSA) is 86.8 Å². The van der Waals surface area contributed by atoms with Crippen LogP contribution in [0.2, 0.25) is 5.02 Å². The summed E-state index contributed by atoms with van der Waals surface area (Å²) in [6.45, 7) is 3.84. The first kappa shape index (κ1) is 25.7. The van der Waals surface area contributed by atoms with Gasteiger partial charge < -0.3 is 10.2 Å². The molecule has 174 valence electrons. The third kappa shape index (κ3) is 6.71. The van der Waals surface area contributed by atoms with Crippen molar-refractivity contribution >= 4 is 39.1 Å². The summed E-state index contributed by atoms with van der Waals surface area (Å²) >= 11 is 6.26. The quantitative estimate of drug-likeness (QED) is 0.566.